The molecule has 2 aromatic rings. The summed E-state index contributed by atoms with van der Waals surface area (Å²) in [5.41, 5.74) is 8.45. The van der Waals surface area contributed by atoms with E-state index in [4.69, 9.17) is 5.84 Å². The number of benzene rings is 2. The van der Waals surface area contributed by atoms with Gasteiger partial charge in [0.1, 0.15) is 6.17 Å². The Kier molecular flexibility index (Phi) is 4.65. The van der Waals surface area contributed by atoms with Crippen LogP contribution in [0.5, 0.6) is 0 Å². The number of nitrogens with two attached hydrogens (primary N) is 1. The van der Waals surface area contributed by atoms with Crippen LogP contribution < -0.4 is 35.4 Å². The van der Waals surface area contributed by atoms with Crippen LogP contribution in [0.4, 0.5) is 34.1 Å². The van der Waals surface area contributed by atoms with Gasteiger partial charge < -0.3 is 29.5 Å². The smallest absolute Gasteiger partial charge is 0.130 e. The standard InChI is InChI=1S/C22H33N7/c1-24(2)15-8-9-16(17(12-15)25(3)4)22-27(6)19-13-18-21(14-20(19)28(22)7)29(23)11-10-26(18)5/h8-9,12-14,22H,10-11,23H2,1-7H3. The van der Waals surface area contributed by atoms with Crippen molar-refractivity contribution in [2.45, 2.75) is 6.17 Å². The molecule has 0 amide bonds. The second-order valence-corrected chi connectivity index (χ2v) is 8.57. The first kappa shape index (κ1) is 19.5. The van der Waals surface area contributed by atoms with Crippen LogP contribution in [0, 0.1) is 0 Å². The van der Waals surface area contributed by atoms with Crippen molar-refractivity contribution in [2.24, 2.45) is 5.84 Å². The summed E-state index contributed by atoms with van der Waals surface area (Å²) in [7, 11) is 14.9. The minimum atomic E-state index is 0.124. The zero-order chi connectivity index (χ0) is 21.0. The third-order valence-corrected chi connectivity index (χ3v) is 6.25. The number of hydrazine groups is 1. The van der Waals surface area contributed by atoms with Crippen molar-refractivity contribution in [3.05, 3.63) is 35.9 Å². The minimum Gasteiger partial charge on any atom is -0.378 e. The van der Waals surface area contributed by atoms with E-state index in [1.165, 1.54) is 34.0 Å². The zero-order valence-electron chi connectivity index (χ0n) is 18.6. The Hall–Kier alpha value is -2.80. The second kappa shape index (κ2) is 6.91. The highest BCUT2D eigenvalue weighted by Gasteiger charge is 2.36. The number of nitrogens with zero attached hydrogens (tertiary/aromatic N) is 6. The maximum absolute atomic E-state index is 6.30. The Labute approximate surface area is 174 Å². The molecule has 29 heavy (non-hydrogen) atoms. The molecular weight excluding hydrogens is 362 g/mol. The van der Waals surface area contributed by atoms with Crippen molar-refractivity contribution in [3.8, 4) is 0 Å². The molecule has 0 saturated heterocycles. The molecule has 7 nitrogen and oxygen atoms in total. The van der Waals surface area contributed by atoms with Gasteiger partial charge in [-0.05, 0) is 24.3 Å². The molecule has 2 aliphatic heterocycles. The lowest BCUT2D eigenvalue weighted by Crippen LogP contribution is -2.43. The molecule has 2 aliphatic rings. The first-order chi connectivity index (χ1) is 13.7. The van der Waals surface area contributed by atoms with E-state index in [1.807, 2.05) is 5.01 Å². The van der Waals surface area contributed by atoms with Gasteiger partial charge in [-0.25, -0.2) is 5.84 Å². The van der Waals surface area contributed by atoms with Gasteiger partial charge >= 0.3 is 0 Å². The lowest BCUT2D eigenvalue weighted by Gasteiger charge is -2.35. The summed E-state index contributed by atoms with van der Waals surface area (Å²) in [6.07, 6.45) is 0.124. The van der Waals surface area contributed by atoms with Gasteiger partial charge in [0.05, 0.1) is 29.3 Å². The average molecular weight is 396 g/mol. The fraction of sp³-hybridized carbons (Fsp3) is 0.455. The molecule has 1 unspecified atom stereocenters. The summed E-state index contributed by atoms with van der Waals surface area (Å²) in [5.74, 6) is 6.30. The lowest BCUT2D eigenvalue weighted by molar-refractivity contribution is 0.693. The predicted octanol–water partition coefficient (Wildman–Crippen LogP) is 2.53. The molecule has 2 N–H and O–H groups in total. The van der Waals surface area contributed by atoms with Crippen molar-refractivity contribution < 1.29 is 0 Å². The minimum absolute atomic E-state index is 0.124. The molecule has 1 atom stereocenters. The van der Waals surface area contributed by atoms with Crippen molar-refractivity contribution in [2.75, 3.05) is 91.9 Å². The van der Waals surface area contributed by atoms with Gasteiger partial charge in [0.15, 0.2) is 0 Å². The first-order valence-electron chi connectivity index (χ1n) is 10.1. The lowest BCUT2D eigenvalue weighted by atomic mass is 10.1. The monoisotopic (exact) mass is 395 g/mol. The summed E-state index contributed by atoms with van der Waals surface area (Å²) in [6, 6.07) is 11.2. The second-order valence-electron chi connectivity index (χ2n) is 8.57. The van der Waals surface area contributed by atoms with Gasteiger partial charge in [-0.1, -0.05) is 6.07 Å². The highest BCUT2D eigenvalue weighted by molar-refractivity contribution is 5.90. The van der Waals surface area contributed by atoms with Gasteiger partial charge in [-0.2, -0.15) is 0 Å². The highest BCUT2D eigenvalue weighted by Crippen LogP contribution is 2.50. The fourth-order valence-electron chi connectivity index (χ4n) is 4.51. The Bertz CT molecular complexity index is 881. The molecule has 156 valence electrons. The topological polar surface area (TPSA) is 45.5 Å². The number of likely N-dealkylation sites (N-methyl/N-ethyl adjacent to an activating group) is 1. The van der Waals surface area contributed by atoms with E-state index in [-0.39, 0.29) is 6.17 Å². The van der Waals surface area contributed by atoms with E-state index in [1.54, 1.807) is 0 Å². The van der Waals surface area contributed by atoms with Crippen LogP contribution in [0.1, 0.15) is 11.7 Å². The van der Waals surface area contributed by atoms with E-state index in [2.05, 4.69) is 104 Å². The highest BCUT2D eigenvalue weighted by atomic mass is 15.4. The summed E-state index contributed by atoms with van der Waals surface area (Å²) < 4.78 is 0. The van der Waals surface area contributed by atoms with Crippen LogP contribution >= 0.6 is 0 Å². The van der Waals surface area contributed by atoms with Crippen molar-refractivity contribution in [3.63, 3.8) is 0 Å². The van der Waals surface area contributed by atoms with E-state index in [0.29, 0.717) is 0 Å². The summed E-state index contributed by atoms with van der Waals surface area (Å²) in [6.45, 7) is 1.77. The molecule has 0 bridgehead atoms. The molecule has 0 radical (unpaired) electrons. The molecule has 4 rings (SSSR count). The van der Waals surface area contributed by atoms with Crippen molar-refractivity contribution in [1.82, 2.24) is 0 Å². The molecule has 0 spiro atoms. The molecule has 0 saturated carbocycles. The Morgan fingerprint density at radius 3 is 2.00 bits per heavy atom. The van der Waals surface area contributed by atoms with Gasteiger partial charge in [-0.3, -0.25) is 0 Å². The number of rotatable bonds is 3. The van der Waals surface area contributed by atoms with E-state index >= 15 is 0 Å². The molecule has 2 aromatic carbocycles. The average Bonchev–Trinajstić information content (AvgIpc) is 2.93. The number of hydrogen-bond acceptors (Lipinski definition) is 7. The Morgan fingerprint density at radius 1 is 0.793 bits per heavy atom. The Balaban J connectivity index is 1.81. The number of fused-ring (bicyclic) bond motifs is 2. The predicted molar refractivity (Wildman–Crippen MR) is 126 cm³/mol. The summed E-state index contributed by atoms with van der Waals surface area (Å²) in [5, 5.41) is 1.87. The number of hydrogen-bond donors (Lipinski definition) is 1. The summed E-state index contributed by atoms with van der Waals surface area (Å²) >= 11 is 0. The van der Waals surface area contributed by atoms with Crippen molar-refractivity contribution >= 4 is 34.1 Å². The molecular formula is C22H33N7. The molecule has 0 aliphatic carbocycles. The van der Waals surface area contributed by atoms with E-state index in [9.17, 15) is 0 Å². The normalized spacial score (nSPS) is 18.1. The number of anilines is 6. The van der Waals surface area contributed by atoms with Crippen LogP contribution in [-0.4, -0.2) is 62.4 Å². The largest absolute Gasteiger partial charge is 0.378 e. The van der Waals surface area contributed by atoms with E-state index in [0.717, 1.165) is 18.8 Å². The molecule has 0 fully saturated rings. The van der Waals surface area contributed by atoms with Crippen LogP contribution in [0.3, 0.4) is 0 Å². The fourth-order valence-corrected chi connectivity index (χ4v) is 4.51. The van der Waals surface area contributed by atoms with Gasteiger partial charge in [-0.15, -0.1) is 0 Å². The first-order valence-corrected chi connectivity index (χ1v) is 10.1. The molecule has 7 heteroatoms. The third-order valence-electron chi connectivity index (χ3n) is 6.25. The summed E-state index contributed by atoms with van der Waals surface area (Å²) in [4.78, 5) is 11.4. The van der Waals surface area contributed by atoms with Crippen LogP contribution in [-0.2, 0) is 0 Å². The quantitative estimate of drug-likeness (QED) is 0.801. The van der Waals surface area contributed by atoms with Gasteiger partial charge in [0.2, 0.25) is 0 Å². The third kappa shape index (κ3) is 3.00. The van der Waals surface area contributed by atoms with Gasteiger partial charge in [0.25, 0.3) is 0 Å². The zero-order valence-corrected chi connectivity index (χ0v) is 18.6. The Morgan fingerprint density at radius 2 is 1.41 bits per heavy atom. The van der Waals surface area contributed by atoms with Crippen LogP contribution in [0.25, 0.3) is 0 Å². The van der Waals surface area contributed by atoms with Gasteiger partial charge in [0, 0.05) is 72.8 Å². The molecule has 2 heterocycles. The maximum atomic E-state index is 6.30. The van der Waals surface area contributed by atoms with E-state index < -0.39 is 0 Å². The van der Waals surface area contributed by atoms with Crippen LogP contribution in [0.2, 0.25) is 0 Å². The SMILES string of the molecule is CN(C)c1ccc(C2N(C)c3cc4c(cc3N2C)N(N)CCN4C)c(N(C)C)c1. The maximum Gasteiger partial charge on any atom is 0.130 e. The van der Waals surface area contributed by atoms with Crippen LogP contribution in [0.15, 0.2) is 30.3 Å². The van der Waals surface area contributed by atoms with Crippen molar-refractivity contribution in [1.29, 1.82) is 0 Å². The molecule has 0 aromatic heterocycles.